The van der Waals surface area contributed by atoms with Gasteiger partial charge in [-0.2, -0.15) is 0 Å². The van der Waals surface area contributed by atoms with Crippen LogP contribution in [0.15, 0.2) is 30.0 Å². The van der Waals surface area contributed by atoms with E-state index in [2.05, 4.69) is 77.8 Å². The van der Waals surface area contributed by atoms with Crippen LogP contribution < -0.4 is 134 Å². The zero-order chi connectivity index (χ0) is 74.1. The normalized spacial score (nSPS) is 13.5. The summed E-state index contributed by atoms with van der Waals surface area (Å²) in [4.78, 5) is 175. The molecule has 9 atom stereocenters. The second-order valence-electron chi connectivity index (χ2n) is 22.3. The van der Waals surface area contributed by atoms with E-state index in [1.165, 1.54) is 0 Å². The summed E-state index contributed by atoms with van der Waals surface area (Å²) >= 11 is 0. The van der Waals surface area contributed by atoms with Crippen molar-refractivity contribution >= 4 is 101 Å². The fourth-order valence-corrected chi connectivity index (χ4v) is 9.11. The Morgan fingerprint density at radius 3 is 0.653 bits per heavy atom. The number of hydrogen-bond donors (Lipinski definition) is 26. The van der Waals surface area contributed by atoms with Crippen molar-refractivity contribution < 1.29 is 63.0 Å². The summed E-state index contributed by atoms with van der Waals surface area (Å²) in [7, 11) is 0. The lowest BCUT2D eigenvalue weighted by atomic mass is 10.0. The molecule has 0 rings (SSSR count). The Hall–Kier alpha value is -10.3. The highest BCUT2D eigenvalue weighted by molar-refractivity contribution is 5.98. The highest BCUT2D eigenvalue weighted by Crippen LogP contribution is 2.13. The fraction of sp³-hybridized carbons (Fsp3) is 0.691. The quantitative estimate of drug-likeness (QED) is 0.0153. The number of carboxylic acid groups (broad SMARTS) is 2. The van der Waals surface area contributed by atoms with Gasteiger partial charge in [-0.05, 0) is 135 Å². The van der Waals surface area contributed by atoms with Crippen LogP contribution in [0.3, 0.4) is 0 Å². The van der Waals surface area contributed by atoms with E-state index in [0.717, 1.165) is 0 Å². The van der Waals surface area contributed by atoms with Crippen LogP contribution in [0.2, 0.25) is 0 Å². The number of nitrogens with one attached hydrogen (secondary N) is 9. The Bertz CT molecular complexity index is 2710. The first-order valence-corrected chi connectivity index (χ1v) is 31.9. The van der Waals surface area contributed by atoms with Gasteiger partial charge in [-0.25, -0.2) is 4.79 Å². The summed E-state index contributed by atoms with van der Waals surface area (Å²) in [6.07, 6.45) is -0.781. The maximum Gasteiger partial charge on any atom is 0.326 e. The molecule has 9 amide bonds. The second kappa shape index (κ2) is 51.0. The van der Waals surface area contributed by atoms with Gasteiger partial charge in [0.15, 0.2) is 35.8 Å². The summed E-state index contributed by atoms with van der Waals surface area (Å²) in [5.74, 6) is -12.8. The summed E-state index contributed by atoms with van der Waals surface area (Å²) in [6.45, 7) is -0.243. The predicted molar refractivity (Wildman–Crippen MR) is 366 cm³/mol. The minimum atomic E-state index is -1.76. The Balaban J connectivity index is 7.55. The van der Waals surface area contributed by atoms with Crippen LogP contribution in [0.25, 0.3) is 0 Å². The number of carbonyl (C=O) groups excluding carboxylic acids is 9. The number of hydrogen-bond acceptors (Lipinski definition) is 20. The van der Waals surface area contributed by atoms with E-state index in [9.17, 15) is 63.0 Å². The number of rotatable bonds is 54. The van der Waals surface area contributed by atoms with Crippen LogP contribution in [0.1, 0.15) is 128 Å². The molecule has 556 valence electrons. The Labute approximate surface area is 567 Å². The van der Waals surface area contributed by atoms with Gasteiger partial charge in [-0.3, -0.25) is 77.9 Å². The summed E-state index contributed by atoms with van der Waals surface area (Å²) in [5, 5.41) is 42.7. The van der Waals surface area contributed by atoms with Crippen molar-refractivity contribution in [3.05, 3.63) is 0 Å². The van der Waals surface area contributed by atoms with Gasteiger partial charge in [0.1, 0.15) is 54.4 Å². The molecule has 43 nitrogen and oxygen atoms in total. The first-order valence-electron chi connectivity index (χ1n) is 31.9. The topological polar surface area (TPSA) is 801 Å². The molecule has 0 aliphatic heterocycles. The van der Waals surface area contributed by atoms with Gasteiger partial charge >= 0.3 is 11.9 Å². The summed E-state index contributed by atoms with van der Waals surface area (Å²) in [5.41, 5.74) is 83.0. The molecule has 0 fully saturated rings. The third kappa shape index (κ3) is 42.2. The van der Waals surface area contributed by atoms with Crippen LogP contribution in [-0.4, -0.2) is 224 Å². The van der Waals surface area contributed by atoms with Gasteiger partial charge < -0.3 is 144 Å². The van der Waals surface area contributed by atoms with Gasteiger partial charge in [0.2, 0.25) is 53.2 Å². The predicted octanol–water partition coefficient (Wildman–Crippen LogP) is -11.2. The summed E-state index contributed by atoms with van der Waals surface area (Å²) < 4.78 is 0. The van der Waals surface area contributed by atoms with Crippen LogP contribution in [-0.2, 0) is 52.7 Å². The smallest absolute Gasteiger partial charge is 0.326 e. The van der Waals surface area contributed by atoms with Crippen molar-refractivity contribution in [3.8, 4) is 0 Å². The lowest BCUT2D eigenvalue weighted by Gasteiger charge is -2.28. The maximum atomic E-state index is 14.7. The third-order valence-corrected chi connectivity index (χ3v) is 14.1. The number of nitrogens with two attached hydrogens (primary N) is 15. The molecule has 0 saturated carbocycles. The fourth-order valence-electron chi connectivity index (χ4n) is 9.11. The van der Waals surface area contributed by atoms with Crippen LogP contribution in [0.4, 0.5) is 0 Å². The van der Waals surface area contributed by atoms with Gasteiger partial charge in [0.05, 0.1) is 6.54 Å². The van der Waals surface area contributed by atoms with E-state index in [1.807, 2.05) is 0 Å². The van der Waals surface area contributed by atoms with E-state index in [1.54, 1.807) is 0 Å². The lowest BCUT2D eigenvalue weighted by molar-refractivity contribution is -0.142. The molecule has 0 heterocycles. The highest BCUT2D eigenvalue weighted by atomic mass is 16.4. The molecular formula is C55H108N30O13. The molecule has 41 N–H and O–H groups in total. The number of guanidine groups is 6. The Kier molecular flexibility index (Phi) is 45.6. The number of unbranched alkanes of at least 4 members (excludes halogenated alkanes) is 2. The van der Waals surface area contributed by atoms with Crippen LogP contribution in [0, 0.1) is 0 Å². The average Bonchev–Trinajstić information content (AvgIpc) is 0.949. The van der Waals surface area contributed by atoms with E-state index >= 15 is 0 Å². The van der Waals surface area contributed by atoms with Gasteiger partial charge in [0, 0.05) is 45.7 Å². The third-order valence-electron chi connectivity index (χ3n) is 14.1. The first kappa shape index (κ1) is 87.7. The number of carboxylic acids is 2. The zero-order valence-corrected chi connectivity index (χ0v) is 55.4. The molecule has 0 aliphatic rings. The Morgan fingerprint density at radius 2 is 0.459 bits per heavy atom. The number of amides is 9. The highest BCUT2D eigenvalue weighted by Gasteiger charge is 2.36. The monoisotopic (exact) mass is 1400 g/mol. The van der Waals surface area contributed by atoms with Crippen LogP contribution >= 0.6 is 0 Å². The van der Waals surface area contributed by atoms with Crippen LogP contribution in [0.5, 0.6) is 0 Å². The van der Waals surface area contributed by atoms with E-state index in [-0.39, 0.29) is 191 Å². The molecule has 0 unspecified atom stereocenters. The molecule has 0 saturated heterocycles. The second-order valence-corrected chi connectivity index (χ2v) is 22.3. The molecule has 43 heteroatoms. The minimum absolute atomic E-state index is 0.00389. The van der Waals surface area contributed by atoms with E-state index in [4.69, 9.17) is 86.0 Å². The largest absolute Gasteiger partial charge is 0.481 e. The molecule has 0 spiro atoms. The molecule has 0 aliphatic carbocycles. The molecule has 0 bridgehead atoms. The summed E-state index contributed by atoms with van der Waals surface area (Å²) in [6, 6.07) is -13.5. The van der Waals surface area contributed by atoms with Crippen molar-refractivity contribution in [1.29, 1.82) is 0 Å². The van der Waals surface area contributed by atoms with Crippen molar-refractivity contribution in [2.45, 2.75) is 183 Å². The average molecular weight is 1400 g/mol. The zero-order valence-electron chi connectivity index (χ0n) is 55.4. The minimum Gasteiger partial charge on any atom is -0.481 e. The van der Waals surface area contributed by atoms with Crippen molar-refractivity contribution in [1.82, 2.24) is 47.9 Å². The molecule has 98 heavy (non-hydrogen) atoms. The molecule has 0 aromatic heterocycles. The van der Waals surface area contributed by atoms with Gasteiger partial charge in [-0.1, -0.05) is 0 Å². The first-order chi connectivity index (χ1) is 46.3. The number of aliphatic imine (C=N–C) groups is 6. The number of carbonyl (C=O) groups is 11. The van der Waals surface area contributed by atoms with E-state index < -0.39 is 139 Å². The van der Waals surface area contributed by atoms with Crippen molar-refractivity contribution in [3.63, 3.8) is 0 Å². The van der Waals surface area contributed by atoms with E-state index in [0.29, 0.717) is 12.8 Å². The number of aliphatic carboxylic acids is 2. The van der Waals surface area contributed by atoms with Crippen molar-refractivity contribution in [2.75, 3.05) is 58.9 Å². The molecule has 0 radical (unpaired) electrons. The maximum absolute atomic E-state index is 14.7. The molecular weight excluding hydrogens is 1290 g/mol. The van der Waals surface area contributed by atoms with Crippen molar-refractivity contribution in [2.24, 2.45) is 116 Å². The van der Waals surface area contributed by atoms with Gasteiger partial charge in [0.25, 0.3) is 0 Å². The standard InChI is InChI=1S/C55H108N30O13/c56-21-3-1-11-31(78-44(92)33(14-6-24-72-51(61)62)80-41(89)30(77-39(86)29-58)13-5-23-71-50(59)60)42(90)81-34(15-7-25-73-52(63)64)45(93)82-35(16-8-26-74-53(65)66)46(94)84-37(19-20-40(87)88)48(96)79-32(12-2-4-22-57)43(91)83-36(17-9-27-75-54(67)68)47(95)85-38(49(97)98)18-10-28-76-55(69)70/h30-38H,1-29,56-58H2,(H,77,86)(H,78,92)(H,79,96)(H,80,89)(H,81,90)(H,82,93)(H,83,91)(H,84,94)(H,85,95)(H,87,88)(H,97,98)(H4,59,60,71)(H4,61,62,72)(H4,63,64,73)(H4,65,66,74)(H4,67,68,75)(H4,69,70,76)/t30-,31-,32-,33-,34-,35-,36-,37-,38-/m0/s1. The molecule has 0 aromatic carbocycles. The number of nitrogens with zero attached hydrogens (tertiary/aromatic N) is 6. The Morgan fingerprint density at radius 1 is 0.265 bits per heavy atom. The van der Waals surface area contributed by atoms with Gasteiger partial charge in [-0.15, -0.1) is 0 Å². The lowest BCUT2D eigenvalue weighted by Crippen LogP contribution is -2.60. The molecule has 0 aromatic rings. The SMILES string of the molecule is NCCCC[C@H](NC(=O)[C@H](CCC(=O)O)NC(=O)[C@H](CCCN=C(N)N)NC(=O)[C@H](CCCN=C(N)N)NC(=O)[C@H](CCCCN)NC(=O)[C@H](CCCN=C(N)N)NC(=O)[C@H](CCCN=C(N)N)NC(=O)CN)C(=O)N[C@@H](CCCN=C(N)N)C(=O)N[C@@H](CCCN=C(N)N)C(=O)O.